The summed E-state index contributed by atoms with van der Waals surface area (Å²) in [7, 11) is -3.33. The van der Waals surface area contributed by atoms with E-state index in [9.17, 15) is 8.42 Å². The van der Waals surface area contributed by atoms with Gasteiger partial charge in [0, 0.05) is 19.1 Å². The molecule has 1 aliphatic carbocycles. The van der Waals surface area contributed by atoms with Gasteiger partial charge in [-0.15, -0.1) is 0 Å². The monoisotopic (exact) mass is 266 g/mol. The molecule has 0 saturated heterocycles. The Kier molecular flexibility index (Phi) is 3.03. The van der Waals surface area contributed by atoms with Crippen molar-refractivity contribution in [2.45, 2.75) is 36.6 Å². The lowest BCUT2D eigenvalue weighted by atomic mass is 10.2. The number of nitrogens with zero attached hydrogens (tertiary/aromatic N) is 1. The van der Waals surface area contributed by atoms with Crippen LogP contribution in [0.2, 0.25) is 0 Å². The molecule has 1 aromatic carbocycles. The third-order valence-electron chi connectivity index (χ3n) is 3.85. The van der Waals surface area contributed by atoms with E-state index in [1.165, 1.54) is 0 Å². The van der Waals surface area contributed by atoms with Gasteiger partial charge in [0.2, 0.25) is 10.0 Å². The van der Waals surface area contributed by atoms with Crippen LogP contribution < -0.4 is 5.32 Å². The Morgan fingerprint density at radius 3 is 2.67 bits per heavy atom. The van der Waals surface area contributed by atoms with Crippen LogP contribution in [0.5, 0.6) is 0 Å². The topological polar surface area (TPSA) is 49.4 Å². The third-order valence-corrected chi connectivity index (χ3v) is 5.86. The van der Waals surface area contributed by atoms with Crippen LogP contribution in [0, 0.1) is 0 Å². The van der Waals surface area contributed by atoms with Crippen LogP contribution in [-0.2, 0) is 10.0 Å². The van der Waals surface area contributed by atoms with Crippen molar-refractivity contribution in [1.82, 2.24) is 4.31 Å². The average molecular weight is 266 g/mol. The van der Waals surface area contributed by atoms with Crippen LogP contribution >= 0.6 is 0 Å². The van der Waals surface area contributed by atoms with Gasteiger partial charge in [-0.2, -0.15) is 4.31 Å². The summed E-state index contributed by atoms with van der Waals surface area (Å²) in [6.07, 6.45) is 4.29. The summed E-state index contributed by atoms with van der Waals surface area (Å²) in [4.78, 5) is 0.425. The van der Waals surface area contributed by atoms with Crippen LogP contribution in [0.1, 0.15) is 25.7 Å². The first kappa shape index (κ1) is 12.0. The first-order valence-corrected chi connectivity index (χ1v) is 7.98. The Labute approximate surface area is 108 Å². The smallest absolute Gasteiger partial charge is 0.245 e. The van der Waals surface area contributed by atoms with Crippen molar-refractivity contribution in [1.29, 1.82) is 0 Å². The van der Waals surface area contributed by atoms with E-state index in [1.54, 1.807) is 16.4 Å². The molecule has 0 bridgehead atoms. The van der Waals surface area contributed by atoms with Gasteiger partial charge in [0.25, 0.3) is 0 Å². The molecule has 1 aromatic rings. The standard InChI is InChI=1S/C13H18N2O2S/c16-18(17)13-8-4-3-7-12(13)14-9-10-15(18)11-5-1-2-6-11/h3-4,7-8,11,14H,1-2,5-6,9-10H2. The highest BCUT2D eigenvalue weighted by Crippen LogP contribution is 2.32. The normalized spacial score (nSPS) is 24.2. The highest BCUT2D eigenvalue weighted by atomic mass is 32.2. The van der Waals surface area contributed by atoms with E-state index < -0.39 is 10.0 Å². The molecule has 0 aromatic heterocycles. The van der Waals surface area contributed by atoms with Crippen molar-refractivity contribution in [2.24, 2.45) is 0 Å². The van der Waals surface area contributed by atoms with Gasteiger partial charge in [-0.25, -0.2) is 8.42 Å². The number of fused-ring (bicyclic) bond motifs is 1. The Morgan fingerprint density at radius 1 is 1.17 bits per heavy atom. The lowest BCUT2D eigenvalue weighted by Crippen LogP contribution is -2.39. The van der Waals surface area contributed by atoms with Crippen molar-refractivity contribution in [3.8, 4) is 0 Å². The lowest BCUT2D eigenvalue weighted by Gasteiger charge is -2.26. The van der Waals surface area contributed by atoms with E-state index in [0.29, 0.717) is 18.0 Å². The molecule has 1 N–H and O–H groups in total. The summed E-state index contributed by atoms with van der Waals surface area (Å²) in [5.41, 5.74) is 0.734. The highest BCUT2D eigenvalue weighted by molar-refractivity contribution is 7.89. The maximum Gasteiger partial charge on any atom is 0.245 e. The number of hydrogen-bond acceptors (Lipinski definition) is 3. The van der Waals surface area contributed by atoms with Gasteiger partial charge < -0.3 is 5.32 Å². The lowest BCUT2D eigenvalue weighted by molar-refractivity contribution is 0.334. The number of benzene rings is 1. The molecule has 5 heteroatoms. The van der Waals surface area contributed by atoms with Crippen LogP contribution in [-0.4, -0.2) is 31.9 Å². The molecule has 2 aliphatic rings. The molecule has 3 rings (SSSR count). The van der Waals surface area contributed by atoms with Crippen LogP contribution in [0.25, 0.3) is 0 Å². The summed E-state index contributed by atoms with van der Waals surface area (Å²) in [6.45, 7) is 1.26. The molecular weight excluding hydrogens is 248 g/mol. The first-order valence-electron chi connectivity index (χ1n) is 6.54. The van der Waals surface area contributed by atoms with Gasteiger partial charge in [-0.1, -0.05) is 25.0 Å². The minimum Gasteiger partial charge on any atom is -0.383 e. The number of para-hydroxylation sites is 1. The van der Waals surface area contributed by atoms with Crippen molar-refractivity contribution in [3.63, 3.8) is 0 Å². The summed E-state index contributed by atoms with van der Waals surface area (Å²) in [6, 6.07) is 7.39. The highest BCUT2D eigenvalue weighted by Gasteiger charge is 2.35. The average Bonchev–Trinajstić information content (AvgIpc) is 2.84. The van der Waals surface area contributed by atoms with E-state index in [1.807, 2.05) is 12.1 Å². The summed E-state index contributed by atoms with van der Waals surface area (Å²) in [5.74, 6) is 0. The molecule has 1 heterocycles. The zero-order valence-electron chi connectivity index (χ0n) is 10.3. The molecular formula is C13H18N2O2S. The molecule has 0 unspecified atom stereocenters. The van der Waals surface area contributed by atoms with Crippen LogP contribution in [0.4, 0.5) is 5.69 Å². The minimum atomic E-state index is -3.33. The number of anilines is 1. The molecule has 0 atom stereocenters. The van der Waals surface area contributed by atoms with E-state index in [0.717, 1.165) is 31.4 Å². The Bertz CT molecular complexity index is 536. The second-order valence-electron chi connectivity index (χ2n) is 4.98. The summed E-state index contributed by atoms with van der Waals surface area (Å²) >= 11 is 0. The molecule has 1 saturated carbocycles. The molecule has 18 heavy (non-hydrogen) atoms. The maximum atomic E-state index is 12.7. The number of rotatable bonds is 1. The van der Waals surface area contributed by atoms with E-state index >= 15 is 0 Å². The molecule has 0 radical (unpaired) electrons. The van der Waals surface area contributed by atoms with Gasteiger partial charge in [-0.05, 0) is 25.0 Å². The third kappa shape index (κ3) is 1.91. The van der Waals surface area contributed by atoms with E-state index in [-0.39, 0.29) is 6.04 Å². The molecule has 0 spiro atoms. The molecule has 98 valence electrons. The van der Waals surface area contributed by atoms with Gasteiger partial charge in [0.1, 0.15) is 4.90 Å². The predicted octanol–water partition coefficient (Wildman–Crippen LogP) is 2.05. The zero-order chi connectivity index (χ0) is 12.6. The second-order valence-corrected chi connectivity index (χ2v) is 6.84. The Hall–Kier alpha value is -1.07. The predicted molar refractivity (Wildman–Crippen MR) is 71.1 cm³/mol. The fourth-order valence-electron chi connectivity index (χ4n) is 2.96. The van der Waals surface area contributed by atoms with Gasteiger partial charge in [0.05, 0.1) is 5.69 Å². The Balaban J connectivity index is 2.04. The minimum absolute atomic E-state index is 0.197. The van der Waals surface area contributed by atoms with Crippen LogP contribution in [0.15, 0.2) is 29.2 Å². The van der Waals surface area contributed by atoms with Crippen molar-refractivity contribution >= 4 is 15.7 Å². The maximum absolute atomic E-state index is 12.7. The molecule has 1 fully saturated rings. The van der Waals surface area contributed by atoms with Gasteiger partial charge >= 0.3 is 0 Å². The van der Waals surface area contributed by atoms with Gasteiger partial charge in [-0.3, -0.25) is 0 Å². The quantitative estimate of drug-likeness (QED) is 0.846. The largest absolute Gasteiger partial charge is 0.383 e. The number of hydrogen-bond donors (Lipinski definition) is 1. The number of nitrogens with one attached hydrogen (secondary N) is 1. The second kappa shape index (κ2) is 4.55. The van der Waals surface area contributed by atoms with Gasteiger partial charge in [0.15, 0.2) is 0 Å². The Morgan fingerprint density at radius 2 is 1.89 bits per heavy atom. The fraction of sp³-hybridized carbons (Fsp3) is 0.538. The van der Waals surface area contributed by atoms with Crippen molar-refractivity contribution in [2.75, 3.05) is 18.4 Å². The molecule has 1 aliphatic heterocycles. The SMILES string of the molecule is O=S1(=O)c2ccccc2NCCN1C1CCCC1. The first-order chi connectivity index (χ1) is 8.69. The molecule has 4 nitrogen and oxygen atoms in total. The zero-order valence-corrected chi connectivity index (χ0v) is 11.1. The van der Waals surface area contributed by atoms with Crippen molar-refractivity contribution < 1.29 is 8.42 Å². The summed E-state index contributed by atoms with van der Waals surface area (Å²) < 4.78 is 27.1. The summed E-state index contributed by atoms with van der Waals surface area (Å²) in [5, 5.41) is 3.21. The fourth-order valence-corrected chi connectivity index (χ4v) is 4.81. The molecule has 0 amide bonds. The van der Waals surface area contributed by atoms with E-state index in [4.69, 9.17) is 0 Å². The van der Waals surface area contributed by atoms with Crippen LogP contribution in [0.3, 0.4) is 0 Å². The number of sulfonamides is 1. The van der Waals surface area contributed by atoms with Crippen molar-refractivity contribution in [3.05, 3.63) is 24.3 Å². The van der Waals surface area contributed by atoms with E-state index in [2.05, 4.69) is 5.32 Å².